The van der Waals surface area contributed by atoms with Gasteiger partial charge in [0.05, 0.1) is 45.9 Å². The number of aromatic nitrogens is 2. The van der Waals surface area contributed by atoms with Crippen molar-refractivity contribution < 1.29 is 37.1 Å². The molecule has 0 atom stereocenters. The van der Waals surface area contributed by atoms with Gasteiger partial charge in [0.1, 0.15) is 5.82 Å². The van der Waals surface area contributed by atoms with E-state index in [1.807, 2.05) is 0 Å². The molecular formula is C29H31Cl2F4N3O4. The molecule has 2 aromatic rings. The zero-order valence-corrected chi connectivity index (χ0v) is 24.5. The van der Waals surface area contributed by atoms with Gasteiger partial charge in [0.2, 0.25) is 0 Å². The lowest BCUT2D eigenvalue weighted by atomic mass is 9.82. The number of amides is 1. The smallest absolute Gasteiger partial charge is 0.433 e. The van der Waals surface area contributed by atoms with Crippen molar-refractivity contribution in [3.8, 4) is 0 Å². The number of benzene rings is 1. The van der Waals surface area contributed by atoms with Gasteiger partial charge in [0.15, 0.2) is 11.5 Å². The van der Waals surface area contributed by atoms with Gasteiger partial charge in [-0.05, 0) is 80.8 Å². The number of ketones is 1. The summed E-state index contributed by atoms with van der Waals surface area (Å²) in [6.07, 6.45) is 0.845. The number of fused-ring (bicyclic) bond motifs is 2. The number of hydrogen-bond donors (Lipinski definition) is 1. The first kappa shape index (κ1) is 30.8. The molecule has 1 aromatic carbocycles. The van der Waals surface area contributed by atoms with Crippen LogP contribution in [0.15, 0.2) is 18.3 Å². The van der Waals surface area contributed by atoms with Crippen LogP contribution in [0, 0.1) is 22.6 Å². The van der Waals surface area contributed by atoms with E-state index in [2.05, 4.69) is 12.0 Å². The summed E-state index contributed by atoms with van der Waals surface area (Å²) in [5.74, 6) is -4.10. The highest BCUT2D eigenvalue weighted by Crippen LogP contribution is 2.61. The Hall–Kier alpha value is -2.66. The quantitative estimate of drug-likeness (QED) is 0.241. The number of halogens is 6. The first-order valence-corrected chi connectivity index (χ1v) is 14.7. The topological polar surface area (TPSA) is 92.5 Å². The number of carboxylic acid groups (broad SMARTS) is 1. The summed E-state index contributed by atoms with van der Waals surface area (Å²) in [5, 5.41) is 12.7. The summed E-state index contributed by atoms with van der Waals surface area (Å²) >= 11 is 12.2. The van der Waals surface area contributed by atoms with E-state index in [0.29, 0.717) is 0 Å². The molecule has 3 aliphatic rings. The zero-order chi connectivity index (χ0) is 30.6. The summed E-state index contributed by atoms with van der Waals surface area (Å²) in [7, 11) is 0. The molecule has 0 spiro atoms. The fraction of sp³-hybridized carbons (Fsp3) is 0.586. The van der Waals surface area contributed by atoms with Crippen LogP contribution in [0.5, 0.6) is 0 Å². The molecule has 0 radical (unpaired) electrons. The lowest BCUT2D eigenvalue weighted by molar-refractivity contribution is -0.147. The second-order valence-electron chi connectivity index (χ2n) is 12.5. The van der Waals surface area contributed by atoms with E-state index in [1.54, 1.807) is 0 Å². The fourth-order valence-electron chi connectivity index (χ4n) is 7.34. The molecule has 1 aromatic heterocycles. The van der Waals surface area contributed by atoms with E-state index >= 15 is 0 Å². The van der Waals surface area contributed by atoms with Crippen molar-refractivity contribution in [1.29, 1.82) is 0 Å². The third kappa shape index (κ3) is 5.91. The van der Waals surface area contributed by atoms with Crippen molar-refractivity contribution in [2.24, 2.45) is 16.7 Å². The Morgan fingerprint density at radius 2 is 1.67 bits per heavy atom. The molecule has 3 fully saturated rings. The second kappa shape index (κ2) is 11.1. The Labute approximate surface area is 250 Å². The number of nitrogens with zero attached hydrogens (tertiary/aromatic N) is 3. The molecule has 1 amide bonds. The highest BCUT2D eigenvalue weighted by Gasteiger charge is 2.53. The molecule has 228 valence electrons. The summed E-state index contributed by atoms with van der Waals surface area (Å²) in [6, 6.07) is 1.10. The number of rotatable bonds is 8. The minimum absolute atomic E-state index is 0.0653. The van der Waals surface area contributed by atoms with E-state index in [0.717, 1.165) is 60.0 Å². The lowest BCUT2D eigenvalue weighted by Gasteiger charge is -2.34. The molecule has 0 aliphatic heterocycles. The van der Waals surface area contributed by atoms with E-state index in [4.69, 9.17) is 23.2 Å². The summed E-state index contributed by atoms with van der Waals surface area (Å²) in [4.78, 5) is 39.9. The summed E-state index contributed by atoms with van der Waals surface area (Å²) in [5.41, 5.74) is -2.37. The number of alkyl halides is 3. The van der Waals surface area contributed by atoms with Crippen LogP contribution in [0.1, 0.15) is 97.2 Å². The van der Waals surface area contributed by atoms with Crippen molar-refractivity contribution >= 4 is 40.9 Å². The van der Waals surface area contributed by atoms with Gasteiger partial charge in [-0.1, -0.05) is 30.1 Å². The van der Waals surface area contributed by atoms with Gasteiger partial charge in [0, 0.05) is 6.54 Å². The van der Waals surface area contributed by atoms with E-state index in [9.17, 15) is 37.1 Å². The SMILES string of the molecule is CC12CCC(CN(CC(=O)c3c(Cl)cc(F)cc3Cl)C(=O)c3cnn([C@H]4CC[C@H](C(=O)O)CC4)c3C(F)(F)F)(CC1)C2. The van der Waals surface area contributed by atoms with Crippen LogP contribution < -0.4 is 0 Å². The normalized spacial score (nSPS) is 27.3. The van der Waals surface area contributed by atoms with Gasteiger partial charge in [0.25, 0.3) is 5.91 Å². The Bertz CT molecular complexity index is 1390. The first-order chi connectivity index (χ1) is 19.6. The van der Waals surface area contributed by atoms with Gasteiger partial charge in [-0.25, -0.2) is 4.39 Å². The molecule has 2 bridgehead atoms. The summed E-state index contributed by atoms with van der Waals surface area (Å²) in [6.45, 7) is 1.62. The Morgan fingerprint density at radius 1 is 1.07 bits per heavy atom. The number of aliphatic carboxylic acids is 1. The average molecular weight is 632 g/mol. The Kier molecular flexibility index (Phi) is 8.15. The predicted octanol–water partition coefficient (Wildman–Crippen LogP) is 7.46. The van der Waals surface area contributed by atoms with Gasteiger partial charge < -0.3 is 10.0 Å². The average Bonchev–Trinajstić information content (AvgIpc) is 3.58. The number of Topliss-reactive ketones (excluding diaryl/α,β-unsaturated/α-hetero) is 1. The maximum atomic E-state index is 14.5. The Balaban J connectivity index is 1.49. The van der Waals surface area contributed by atoms with Crippen molar-refractivity contribution in [3.63, 3.8) is 0 Å². The second-order valence-corrected chi connectivity index (χ2v) is 13.3. The van der Waals surface area contributed by atoms with Crippen molar-refractivity contribution in [1.82, 2.24) is 14.7 Å². The van der Waals surface area contributed by atoms with Crippen molar-refractivity contribution in [2.75, 3.05) is 13.1 Å². The highest BCUT2D eigenvalue weighted by molar-refractivity contribution is 6.40. The zero-order valence-electron chi connectivity index (χ0n) is 22.9. The fourth-order valence-corrected chi connectivity index (χ4v) is 8.01. The van der Waals surface area contributed by atoms with Gasteiger partial charge in [-0.15, -0.1) is 0 Å². The molecule has 0 unspecified atom stereocenters. The van der Waals surface area contributed by atoms with Crippen LogP contribution in [0.25, 0.3) is 0 Å². The third-order valence-electron chi connectivity index (χ3n) is 9.44. The van der Waals surface area contributed by atoms with Crippen LogP contribution in [-0.4, -0.2) is 50.5 Å². The first-order valence-electron chi connectivity index (χ1n) is 14.0. The highest BCUT2D eigenvalue weighted by atomic mass is 35.5. The monoisotopic (exact) mass is 631 g/mol. The minimum Gasteiger partial charge on any atom is -0.481 e. The minimum atomic E-state index is -4.94. The number of carboxylic acids is 1. The molecular weight excluding hydrogens is 601 g/mol. The van der Waals surface area contributed by atoms with Gasteiger partial charge in [-0.3, -0.25) is 19.1 Å². The molecule has 42 heavy (non-hydrogen) atoms. The third-order valence-corrected chi connectivity index (χ3v) is 10.0. The van der Waals surface area contributed by atoms with E-state index in [-0.39, 0.29) is 58.7 Å². The molecule has 1 N–H and O–H groups in total. The molecule has 5 rings (SSSR count). The number of carbonyl (C=O) groups is 3. The molecule has 0 saturated heterocycles. The predicted molar refractivity (Wildman–Crippen MR) is 146 cm³/mol. The van der Waals surface area contributed by atoms with Gasteiger partial charge >= 0.3 is 12.1 Å². The van der Waals surface area contributed by atoms with Crippen molar-refractivity contribution in [3.05, 3.63) is 51.0 Å². The molecule has 3 saturated carbocycles. The van der Waals surface area contributed by atoms with E-state index < -0.39 is 59.4 Å². The maximum Gasteiger partial charge on any atom is 0.433 e. The maximum absolute atomic E-state index is 14.5. The standard InChI is InChI=1S/C29H31Cl2F4N3O4/c1-27-6-8-28(14-27,9-7-27)15-37(13-22(39)23-20(30)10-17(32)11-21(23)31)25(40)19-12-36-38(24(19)29(33,34)35)18-4-2-16(3-5-18)26(41)42/h10-12,16,18H,2-9,13-15H2,1H3,(H,41,42)/t16-,18-,27?,28?. The Morgan fingerprint density at radius 3 is 2.17 bits per heavy atom. The summed E-state index contributed by atoms with van der Waals surface area (Å²) < 4.78 is 58.2. The van der Waals surface area contributed by atoms with E-state index in [1.165, 1.54) is 0 Å². The largest absolute Gasteiger partial charge is 0.481 e. The molecule has 1 heterocycles. The number of hydrogen-bond acceptors (Lipinski definition) is 4. The van der Waals surface area contributed by atoms with Crippen LogP contribution in [0.4, 0.5) is 17.6 Å². The van der Waals surface area contributed by atoms with Crippen LogP contribution in [0.3, 0.4) is 0 Å². The van der Waals surface area contributed by atoms with Crippen LogP contribution in [0.2, 0.25) is 10.0 Å². The molecule has 13 heteroatoms. The van der Waals surface area contributed by atoms with Crippen LogP contribution >= 0.6 is 23.2 Å². The number of carbonyl (C=O) groups excluding carboxylic acids is 2. The van der Waals surface area contributed by atoms with Crippen LogP contribution in [-0.2, 0) is 11.0 Å². The molecule has 3 aliphatic carbocycles. The molecule has 7 nitrogen and oxygen atoms in total. The lowest BCUT2D eigenvalue weighted by Crippen LogP contribution is -2.43. The van der Waals surface area contributed by atoms with Crippen molar-refractivity contribution in [2.45, 2.75) is 76.9 Å². The van der Waals surface area contributed by atoms with Gasteiger partial charge in [-0.2, -0.15) is 18.3 Å².